The van der Waals surface area contributed by atoms with E-state index in [4.69, 9.17) is 14.2 Å². The maximum atomic E-state index is 12.4. The molecule has 0 spiro atoms. The van der Waals surface area contributed by atoms with Crippen LogP contribution in [0.15, 0.2) is 24.3 Å². The molecule has 0 aromatic heterocycles. The molecule has 0 saturated carbocycles. The van der Waals surface area contributed by atoms with E-state index >= 15 is 0 Å². The molecule has 174 valence electrons. The lowest BCUT2D eigenvalue weighted by Gasteiger charge is -2.35. The number of nitrogens with one attached hydrogen (secondary N) is 2. The molecule has 2 amide bonds. The number of carbonyl (C=O) groups excluding carboxylic acids is 2. The lowest BCUT2D eigenvalue weighted by molar-refractivity contribution is -0.123. The van der Waals surface area contributed by atoms with E-state index in [0.717, 1.165) is 37.3 Å². The molecule has 1 heterocycles. The molecular formula is C23H37N3O5. The van der Waals surface area contributed by atoms with Crippen LogP contribution in [0.1, 0.15) is 47.0 Å². The molecule has 8 heteroatoms. The van der Waals surface area contributed by atoms with Crippen molar-refractivity contribution in [2.24, 2.45) is 0 Å². The van der Waals surface area contributed by atoms with Gasteiger partial charge in [0.1, 0.15) is 23.7 Å². The number of likely N-dealkylation sites (tertiary alicyclic amines) is 1. The first kappa shape index (κ1) is 24.8. The highest BCUT2D eigenvalue weighted by Crippen LogP contribution is 2.18. The molecule has 0 bridgehead atoms. The number of hydrogen-bond acceptors (Lipinski definition) is 6. The zero-order valence-corrected chi connectivity index (χ0v) is 19.2. The van der Waals surface area contributed by atoms with Gasteiger partial charge in [-0.2, -0.15) is 0 Å². The molecule has 1 aliphatic heterocycles. The van der Waals surface area contributed by atoms with Gasteiger partial charge < -0.3 is 24.8 Å². The fourth-order valence-corrected chi connectivity index (χ4v) is 3.41. The molecule has 1 aliphatic rings. The maximum absolute atomic E-state index is 12.4. The Bertz CT molecular complexity index is 687. The molecule has 0 unspecified atom stereocenters. The highest BCUT2D eigenvalue weighted by molar-refractivity contribution is 5.78. The Morgan fingerprint density at radius 3 is 2.39 bits per heavy atom. The summed E-state index contributed by atoms with van der Waals surface area (Å²) >= 11 is 0. The molecule has 31 heavy (non-hydrogen) atoms. The molecule has 8 nitrogen and oxygen atoms in total. The predicted molar refractivity (Wildman–Crippen MR) is 120 cm³/mol. The molecule has 1 atom stereocenters. The lowest BCUT2D eigenvalue weighted by atomic mass is 10.0. The molecule has 0 radical (unpaired) electrons. The Morgan fingerprint density at radius 2 is 1.74 bits per heavy atom. The van der Waals surface area contributed by atoms with Crippen molar-refractivity contribution in [3.63, 3.8) is 0 Å². The fourth-order valence-electron chi connectivity index (χ4n) is 3.41. The minimum atomic E-state index is -0.524. The van der Waals surface area contributed by atoms with Gasteiger partial charge in [0.25, 0.3) is 0 Å². The second kappa shape index (κ2) is 12.4. The second-order valence-corrected chi connectivity index (χ2v) is 8.61. The molecule has 2 N–H and O–H groups in total. The summed E-state index contributed by atoms with van der Waals surface area (Å²) in [6.07, 6.45) is 2.67. The average molecular weight is 436 g/mol. The summed E-state index contributed by atoms with van der Waals surface area (Å²) in [5.74, 6) is 1.50. The quantitative estimate of drug-likeness (QED) is 0.550. The van der Waals surface area contributed by atoms with Crippen molar-refractivity contribution in [2.45, 2.75) is 58.6 Å². The zero-order chi connectivity index (χ0) is 22.7. The smallest absolute Gasteiger partial charge is 0.407 e. The summed E-state index contributed by atoms with van der Waals surface area (Å²) in [5, 5.41) is 5.74. The minimum absolute atomic E-state index is 0.0422. The highest BCUT2D eigenvalue weighted by Gasteiger charge is 2.25. The standard InChI is InChI=1S/C23H37N3O5/c1-5-29-19-9-11-20(12-10-19)30-15-13-24-21(27)17-26-14-7-6-8-18(26)16-25-22(28)31-23(2,3)4/h9-12,18H,5-8,13-17H2,1-4H3,(H,24,27)(H,25,28)/t18-/m1/s1. The van der Waals surface area contributed by atoms with Crippen LogP contribution < -0.4 is 20.1 Å². The summed E-state index contributed by atoms with van der Waals surface area (Å²) in [6, 6.07) is 7.55. The van der Waals surface area contributed by atoms with Crippen molar-refractivity contribution in [1.82, 2.24) is 15.5 Å². The van der Waals surface area contributed by atoms with Gasteiger partial charge >= 0.3 is 6.09 Å². The van der Waals surface area contributed by atoms with Crippen molar-refractivity contribution in [3.05, 3.63) is 24.3 Å². The normalized spacial score (nSPS) is 17.0. The lowest BCUT2D eigenvalue weighted by Crippen LogP contribution is -2.50. The van der Waals surface area contributed by atoms with E-state index in [-0.39, 0.29) is 11.9 Å². The van der Waals surface area contributed by atoms with E-state index in [2.05, 4.69) is 15.5 Å². The van der Waals surface area contributed by atoms with E-state index in [1.165, 1.54) is 0 Å². The molecule has 1 fully saturated rings. The van der Waals surface area contributed by atoms with Crippen LogP contribution in [-0.4, -0.2) is 67.9 Å². The number of amides is 2. The molecule has 1 saturated heterocycles. The van der Waals surface area contributed by atoms with E-state index < -0.39 is 11.7 Å². The highest BCUT2D eigenvalue weighted by atomic mass is 16.6. The predicted octanol–water partition coefficient (Wildman–Crippen LogP) is 2.96. The topological polar surface area (TPSA) is 89.1 Å². The van der Waals surface area contributed by atoms with E-state index in [0.29, 0.717) is 32.8 Å². The fraction of sp³-hybridized carbons (Fsp3) is 0.652. The molecule has 0 aliphatic carbocycles. The van der Waals surface area contributed by atoms with E-state index in [1.54, 1.807) is 0 Å². The number of carbonyl (C=O) groups is 2. The van der Waals surface area contributed by atoms with Gasteiger partial charge in [-0.05, 0) is 71.3 Å². The number of ether oxygens (including phenoxy) is 3. The van der Waals surface area contributed by atoms with Gasteiger partial charge in [0.2, 0.25) is 5.91 Å². The van der Waals surface area contributed by atoms with E-state index in [9.17, 15) is 9.59 Å². The number of nitrogens with zero attached hydrogens (tertiary/aromatic N) is 1. The third-order valence-corrected chi connectivity index (χ3v) is 4.80. The van der Waals surface area contributed by atoms with Crippen LogP contribution in [0.3, 0.4) is 0 Å². The summed E-state index contributed by atoms with van der Waals surface area (Å²) < 4.78 is 16.4. The maximum Gasteiger partial charge on any atom is 0.407 e. The Hall–Kier alpha value is -2.48. The first-order valence-electron chi connectivity index (χ1n) is 11.1. The molecule has 1 aromatic rings. The van der Waals surface area contributed by atoms with Gasteiger partial charge in [0, 0.05) is 12.6 Å². The minimum Gasteiger partial charge on any atom is -0.494 e. The third kappa shape index (κ3) is 9.91. The van der Waals surface area contributed by atoms with Gasteiger partial charge in [0.15, 0.2) is 0 Å². The van der Waals surface area contributed by atoms with Gasteiger partial charge in [0.05, 0.1) is 19.7 Å². The number of alkyl carbamates (subject to hydrolysis) is 1. The molecule has 1 aromatic carbocycles. The van der Waals surface area contributed by atoms with Crippen LogP contribution in [0.2, 0.25) is 0 Å². The van der Waals surface area contributed by atoms with E-state index in [1.807, 2.05) is 52.0 Å². The first-order valence-corrected chi connectivity index (χ1v) is 11.1. The summed E-state index contributed by atoms with van der Waals surface area (Å²) in [5.41, 5.74) is -0.524. The largest absolute Gasteiger partial charge is 0.494 e. The molecular weight excluding hydrogens is 398 g/mol. The van der Waals surface area contributed by atoms with Crippen LogP contribution in [0.25, 0.3) is 0 Å². The molecule has 2 rings (SSSR count). The van der Waals surface area contributed by atoms with Crippen LogP contribution in [-0.2, 0) is 9.53 Å². The third-order valence-electron chi connectivity index (χ3n) is 4.80. The Balaban J connectivity index is 1.68. The van der Waals surface area contributed by atoms with Crippen molar-refractivity contribution >= 4 is 12.0 Å². The van der Waals surface area contributed by atoms with Crippen LogP contribution in [0, 0.1) is 0 Å². The Morgan fingerprint density at radius 1 is 1.06 bits per heavy atom. The van der Waals surface area contributed by atoms with Crippen molar-refractivity contribution < 1.29 is 23.8 Å². The van der Waals surface area contributed by atoms with Gasteiger partial charge in [-0.25, -0.2) is 4.79 Å². The summed E-state index contributed by atoms with van der Waals surface area (Å²) in [6.45, 7) is 10.5. The first-order chi connectivity index (χ1) is 14.8. The monoisotopic (exact) mass is 435 g/mol. The number of benzene rings is 1. The summed E-state index contributed by atoms with van der Waals surface area (Å²) in [7, 11) is 0. The average Bonchev–Trinajstić information content (AvgIpc) is 2.71. The van der Waals surface area contributed by atoms with Crippen molar-refractivity contribution in [1.29, 1.82) is 0 Å². The zero-order valence-electron chi connectivity index (χ0n) is 19.2. The van der Waals surface area contributed by atoms with Crippen molar-refractivity contribution in [2.75, 3.05) is 39.4 Å². The van der Waals surface area contributed by atoms with Crippen LogP contribution >= 0.6 is 0 Å². The summed E-state index contributed by atoms with van der Waals surface area (Å²) in [4.78, 5) is 26.4. The van der Waals surface area contributed by atoms with Gasteiger partial charge in [-0.1, -0.05) is 6.42 Å². The van der Waals surface area contributed by atoms with Gasteiger partial charge in [-0.3, -0.25) is 9.69 Å². The SMILES string of the molecule is CCOc1ccc(OCCNC(=O)CN2CCCC[C@@H]2CNC(=O)OC(C)(C)C)cc1. The second-order valence-electron chi connectivity index (χ2n) is 8.61. The van der Waals surface area contributed by atoms with Crippen LogP contribution in [0.4, 0.5) is 4.79 Å². The number of hydrogen-bond donors (Lipinski definition) is 2. The number of piperidine rings is 1. The Labute approximate surface area is 185 Å². The Kier molecular flexibility index (Phi) is 9.91. The van der Waals surface area contributed by atoms with Crippen molar-refractivity contribution in [3.8, 4) is 11.5 Å². The van der Waals surface area contributed by atoms with Crippen LogP contribution in [0.5, 0.6) is 11.5 Å². The number of rotatable bonds is 10. The van der Waals surface area contributed by atoms with Gasteiger partial charge in [-0.15, -0.1) is 0 Å².